The van der Waals surface area contributed by atoms with E-state index in [0.29, 0.717) is 6.61 Å². The first-order valence-electron chi connectivity index (χ1n) is 5.31. The van der Waals surface area contributed by atoms with Crippen LogP contribution in [0, 0.1) is 5.92 Å². The number of hydrogen-bond donors (Lipinski definition) is 0. The third kappa shape index (κ3) is 1.29. The largest absolute Gasteiger partial charge is 0.465 e. The lowest BCUT2D eigenvalue weighted by Gasteiger charge is -2.09. The van der Waals surface area contributed by atoms with Crippen LogP contribution < -0.4 is 0 Å². The van der Waals surface area contributed by atoms with Gasteiger partial charge in [-0.1, -0.05) is 30.3 Å². The van der Waals surface area contributed by atoms with Gasteiger partial charge in [-0.2, -0.15) is 0 Å². The van der Waals surface area contributed by atoms with Crippen LogP contribution in [0.4, 0.5) is 0 Å². The fourth-order valence-corrected chi connectivity index (χ4v) is 2.42. The molecule has 1 aromatic rings. The molecule has 1 aromatic carbocycles. The molecule has 15 heavy (non-hydrogen) atoms. The van der Waals surface area contributed by atoms with Gasteiger partial charge in [-0.05, 0) is 29.5 Å². The Morgan fingerprint density at radius 1 is 1.27 bits per heavy atom. The number of fused-ring (bicyclic) bond motifs is 1. The van der Waals surface area contributed by atoms with Gasteiger partial charge < -0.3 is 4.74 Å². The van der Waals surface area contributed by atoms with Crippen molar-refractivity contribution in [2.75, 3.05) is 6.61 Å². The number of hydrogen-bond acceptors (Lipinski definition) is 2. The summed E-state index contributed by atoms with van der Waals surface area (Å²) in [5.74, 6) is -0.0772. The van der Waals surface area contributed by atoms with Crippen molar-refractivity contribution in [2.24, 2.45) is 5.92 Å². The molecule has 1 atom stereocenters. The zero-order chi connectivity index (χ0) is 10.3. The molecule has 0 N–H and O–H groups in total. The van der Waals surface area contributed by atoms with Crippen molar-refractivity contribution in [2.45, 2.75) is 12.8 Å². The van der Waals surface area contributed by atoms with Crippen LogP contribution in [0.3, 0.4) is 0 Å². The molecule has 1 aliphatic heterocycles. The average Bonchev–Trinajstić information content (AvgIpc) is 2.83. The maximum absolute atomic E-state index is 11.5. The molecule has 1 saturated heterocycles. The smallest absolute Gasteiger partial charge is 0.313 e. The van der Waals surface area contributed by atoms with Gasteiger partial charge in [0.25, 0.3) is 0 Å². The Labute approximate surface area is 88.6 Å². The fraction of sp³-hybridized carbons (Fsp3) is 0.308. The minimum absolute atomic E-state index is 0.0198. The predicted molar refractivity (Wildman–Crippen MR) is 57.2 cm³/mol. The molecular weight excluding hydrogens is 188 g/mol. The van der Waals surface area contributed by atoms with E-state index in [1.54, 1.807) is 0 Å². The van der Waals surface area contributed by atoms with E-state index < -0.39 is 0 Å². The standard InChI is InChI=1S/C13H12O2/c14-13-12(7-8-15-13)11-6-5-9-3-1-2-4-10(9)11/h1-4,6,12H,5,7-8H2. The van der Waals surface area contributed by atoms with Crippen molar-refractivity contribution < 1.29 is 9.53 Å². The molecule has 2 nitrogen and oxygen atoms in total. The number of allylic oxidation sites excluding steroid dienone is 1. The summed E-state index contributed by atoms with van der Waals surface area (Å²) in [6.07, 6.45) is 3.95. The number of ether oxygens (including phenoxy) is 1. The molecule has 0 amide bonds. The number of carbonyl (C=O) groups is 1. The Morgan fingerprint density at radius 3 is 2.93 bits per heavy atom. The molecule has 0 bridgehead atoms. The molecule has 0 radical (unpaired) electrons. The van der Waals surface area contributed by atoms with Crippen LogP contribution in [-0.2, 0) is 16.0 Å². The van der Waals surface area contributed by atoms with Crippen LogP contribution in [0.15, 0.2) is 30.3 Å². The van der Waals surface area contributed by atoms with Gasteiger partial charge in [-0.15, -0.1) is 0 Å². The predicted octanol–water partition coefficient (Wildman–Crippen LogP) is 2.19. The highest BCUT2D eigenvalue weighted by Gasteiger charge is 2.32. The van der Waals surface area contributed by atoms with E-state index in [-0.39, 0.29) is 11.9 Å². The van der Waals surface area contributed by atoms with Crippen molar-refractivity contribution in [3.05, 3.63) is 41.5 Å². The van der Waals surface area contributed by atoms with Gasteiger partial charge in [0, 0.05) is 0 Å². The Morgan fingerprint density at radius 2 is 2.13 bits per heavy atom. The molecule has 1 fully saturated rings. The molecule has 0 saturated carbocycles. The van der Waals surface area contributed by atoms with Gasteiger partial charge in [0.1, 0.15) is 0 Å². The van der Waals surface area contributed by atoms with Crippen LogP contribution in [0.1, 0.15) is 17.5 Å². The molecule has 0 aromatic heterocycles. The summed E-state index contributed by atoms with van der Waals surface area (Å²) in [6, 6.07) is 8.29. The van der Waals surface area contributed by atoms with E-state index in [0.717, 1.165) is 12.8 Å². The highest BCUT2D eigenvalue weighted by molar-refractivity contribution is 5.91. The summed E-state index contributed by atoms with van der Waals surface area (Å²) in [5.41, 5.74) is 3.74. The van der Waals surface area contributed by atoms with Crippen LogP contribution in [0.5, 0.6) is 0 Å². The van der Waals surface area contributed by atoms with E-state index in [9.17, 15) is 4.79 Å². The molecule has 2 aliphatic rings. The highest BCUT2D eigenvalue weighted by atomic mass is 16.5. The number of esters is 1. The normalized spacial score (nSPS) is 23.6. The zero-order valence-corrected chi connectivity index (χ0v) is 8.40. The molecule has 0 spiro atoms. The first kappa shape index (κ1) is 8.72. The van der Waals surface area contributed by atoms with Crippen molar-refractivity contribution in [3.8, 4) is 0 Å². The molecule has 3 rings (SSSR count). The molecule has 1 unspecified atom stereocenters. The first-order valence-corrected chi connectivity index (χ1v) is 5.31. The summed E-state index contributed by atoms with van der Waals surface area (Å²) in [7, 11) is 0. The summed E-state index contributed by atoms with van der Waals surface area (Å²) in [6.45, 7) is 0.572. The minimum atomic E-state index is -0.0575. The minimum Gasteiger partial charge on any atom is -0.465 e. The van der Waals surface area contributed by atoms with E-state index in [1.165, 1.54) is 16.7 Å². The highest BCUT2D eigenvalue weighted by Crippen LogP contribution is 2.36. The number of carbonyl (C=O) groups excluding carboxylic acids is 1. The van der Waals surface area contributed by atoms with E-state index >= 15 is 0 Å². The van der Waals surface area contributed by atoms with E-state index in [1.807, 2.05) is 12.1 Å². The molecular formula is C13H12O2. The first-order chi connectivity index (χ1) is 7.36. The van der Waals surface area contributed by atoms with Crippen molar-refractivity contribution in [3.63, 3.8) is 0 Å². The zero-order valence-electron chi connectivity index (χ0n) is 8.40. The summed E-state index contributed by atoms with van der Waals surface area (Å²) >= 11 is 0. The van der Waals surface area contributed by atoms with Crippen LogP contribution in [-0.4, -0.2) is 12.6 Å². The average molecular weight is 200 g/mol. The third-order valence-corrected chi connectivity index (χ3v) is 3.18. The summed E-state index contributed by atoms with van der Waals surface area (Å²) in [4.78, 5) is 11.5. The van der Waals surface area contributed by atoms with E-state index in [4.69, 9.17) is 4.74 Å². The van der Waals surface area contributed by atoms with E-state index in [2.05, 4.69) is 18.2 Å². The van der Waals surface area contributed by atoms with Gasteiger partial charge in [-0.25, -0.2) is 0 Å². The molecule has 1 heterocycles. The van der Waals surface area contributed by atoms with Gasteiger partial charge >= 0.3 is 5.97 Å². The Kier molecular flexibility index (Phi) is 1.88. The maximum atomic E-state index is 11.5. The SMILES string of the molecule is O=C1OCCC1C1=CCc2ccccc21. The maximum Gasteiger partial charge on any atom is 0.313 e. The second kappa shape index (κ2) is 3.23. The van der Waals surface area contributed by atoms with Crippen LogP contribution in [0.2, 0.25) is 0 Å². The fourth-order valence-electron chi connectivity index (χ4n) is 2.42. The van der Waals surface area contributed by atoms with Gasteiger partial charge in [0.15, 0.2) is 0 Å². The molecule has 76 valence electrons. The van der Waals surface area contributed by atoms with Crippen molar-refractivity contribution in [1.82, 2.24) is 0 Å². The monoisotopic (exact) mass is 200 g/mol. The molecule has 1 aliphatic carbocycles. The number of rotatable bonds is 1. The quantitative estimate of drug-likeness (QED) is 0.649. The summed E-state index contributed by atoms with van der Waals surface area (Å²) < 4.78 is 5.01. The lowest BCUT2D eigenvalue weighted by atomic mass is 9.93. The Balaban J connectivity index is 1.99. The summed E-state index contributed by atoms with van der Waals surface area (Å²) in [5, 5.41) is 0. The van der Waals surface area contributed by atoms with Gasteiger partial charge in [0.2, 0.25) is 0 Å². The van der Waals surface area contributed by atoms with Gasteiger partial charge in [-0.3, -0.25) is 4.79 Å². The van der Waals surface area contributed by atoms with Crippen LogP contribution >= 0.6 is 0 Å². The second-order valence-corrected chi connectivity index (χ2v) is 4.03. The Bertz CT molecular complexity index is 446. The lowest BCUT2D eigenvalue weighted by Crippen LogP contribution is -2.08. The Hall–Kier alpha value is -1.57. The third-order valence-electron chi connectivity index (χ3n) is 3.18. The number of cyclic esters (lactones) is 1. The second-order valence-electron chi connectivity index (χ2n) is 4.03. The topological polar surface area (TPSA) is 26.3 Å². The van der Waals surface area contributed by atoms with Gasteiger partial charge in [0.05, 0.1) is 12.5 Å². The van der Waals surface area contributed by atoms with Crippen molar-refractivity contribution in [1.29, 1.82) is 0 Å². The lowest BCUT2D eigenvalue weighted by molar-refractivity contribution is -0.139. The van der Waals surface area contributed by atoms with Crippen LogP contribution in [0.25, 0.3) is 5.57 Å². The number of benzene rings is 1. The molecule has 2 heteroatoms. The van der Waals surface area contributed by atoms with Crippen molar-refractivity contribution >= 4 is 11.5 Å².